The van der Waals surface area contributed by atoms with Crippen molar-refractivity contribution in [2.75, 3.05) is 14.2 Å². The molecule has 144 valence electrons. The highest BCUT2D eigenvalue weighted by Crippen LogP contribution is 2.19. The molecule has 1 heterocycles. The number of amides is 1. The molecule has 0 aliphatic rings. The molecule has 0 saturated heterocycles. The van der Waals surface area contributed by atoms with Gasteiger partial charge in [0.25, 0.3) is 5.91 Å². The van der Waals surface area contributed by atoms with E-state index >= 15 is 0 Å². The smallest absolute Gasteiger partial charge is 0.273 e. The van der Waals surface area contributed by atoms with Gasteiger partial charge in [-0.1, -0.05) is 24.3 Å². The molecule has 7 nitrogen and oxygen atoms in total. The third kappa shape index (κ3) is 4.37. The van der Waals surface area contributed by atoms with Crippen LogP contribution in [0.25, 0.3) is 0 Å². The Balaban J connectivity index is 1.87. The van der Waals surface area contributed by atoms with Crippen LogP contribution in [0.2, 0.25) is 0 Å². The Hall–Kier alpha value is -3.61. The van der Waals surface area contributed by atoms with Crippen molar-refractivity contribution in [3.63, 3.8) is 0 Å². The molecular weight excluding hydrogens is 358 g/mol. The Morgan fingerprint density at radius 1 is 0.964 bits per heavy atom. The molecule has 0 spiro atoms. The summed E-state index contributed by atoms with van der Waals surface area (Å²) in [6.07, 6.45) is 1.97. The molecule has 1 amide bonds. The van der Waals surface area contributed by atoms with Gasteiger partial charge >= 0.3 is 0 Å². The summed E-state index contributed by atoms with van der Waals surface area (Å²) in [6, 6.07) is 15.0. The van der Waals surface area contributed by atoms with Crippen molar-refractivity contribution in [3.8, 4) is 11.5 Å². The van der Waals surface area contributed by atoms with Crippen molar-refractivity contribution in [3.05, 3.63) is 77.1 Å². The fraction of sp³-hybridized carbons (Fsp3) is 0.190. The van der Waals surface area contributed by atoms with Crippen molar-refractivity contribution in [1.29, 1.82) is 0 Å². The second-order valence-corrected chi connectivity index (χ2v) is 6.18. The molecular formula is C21H21N3O4. The zero-order chi connectivity index (χ0) is 19.9. The maximum absolute atomic E-state index is 13.1. The molecule has 0 aliphatic heterocycles. The van der Waals surface area contributed by atoms with E-state index in [1.165, 1.54) is 6.20 Å². The van der Waals surface area contributed by atoms with Gasteiger partial charge in [0.2, 0.25) is 0 Å². The van der Waals surface area contributed by atoms with Crippen LogP contribution in [0.15, 0.2) is 54.7 Å². The van der Waals surface area contributed by atoms with E-state index in [1.54, 1.807) is 19.1 Å². The second-order valence-electron chi connectivity index (χ2n) is 6.18. The van der Waals surface area contributed by atoms with E-state index in [0.29, 0.717) is 19.4 Å². The minimum absolute atomic E-state index is 0.178. The molecule has 0 atom stereocenters. The Morgan fingerprint density at radius 3 is 1.89 bits per heavy atom. The number of carbonyl (C=O) groups is 2. The third-order valence-corrected chi connectivity index (χ3v) is 4.36. The molecule has 28 heavy (non-hydrogen) atoms. The number of aldehydes is 1. The average molecular weight is 379 g/mol. The molecule has 0 aliphatic carbocycles. The number of aromatic nitrogens is 2. The third-order valence-electron chi connectivity index (χ3n) is 4.36. The predicted octanol–water partition coefficient (Wildman–Crippen LogP) is 3.08. The number of H-pyrrole nitrogens is 1. The zero-order valence-corrected chi connectivity index (χ0v) is 15.7. The fourth-order valence-electron chi connectivity index (χ4n) is 2.82. The van der Waals surface area contributed by atoms with E-state index in [0.717, 1.165) is 22.6 Å². The van der Waals surface area contributed by atoms with Gasteiger partial charge in [-0.05, 0) is 35.4 Å². The largest absolute Gasteiger partial charge is 0.497 e. The summed E-state index contributed by atoms with van der Waals surface area (Å²) in [4.78, 5) is 26.0. The van der Waals surface area contributed by atoms with E-state index in [-0.39, 0.29) is 17.2 Å². The molecule has 0 unspecified atom stereocenters. The predicted molar refractivity (Wildman–Crippen MR) is 104 cm³/mol. The molecule has 1 aromatic heterocycles. The first-order valence-electron chi connectivity index (χ1n) is 8.68. The molecule has 1 N–H and O–H groups in total. The summed E-state index contributed by atoms with van der Waals surface area (Å²) in [6.45, 7) is 0.734. The van der Waals surface area contributed by atoms with Crippen LogP contribution >= 0.6 is 0 Å². The lowest BCUT2D eigenvalue weighted by Crippen LogP contribution is -2.31. The van der Waals surface area contributed by atoms with Crippen molar-refractivity contribution in [2.24, 2.45) is 0 Å². The van der Waals surface area contributed by atoms with Crippen LogP contribution in [-0.4, -0.2) is 41.5 Å². The van der Waals surface area contributed by atoms with E-state index in [4.69, 9.17) is 9.47 Å². The lowest BCUT2D eigenvalue weighted by Gasteiger charge is -2.23. The molecule has 3 rings (SSSR count). The minimum atomic E-state index is -0.300. The van der Waals surface area contributed by atoms with Crippen LogP contribution in [0.1, 0.15) is 32.0 Å². The van der Waals surface area contributed by atoms with E-state index in [2.05, 4.69) is 10.2 Å². The van der Waals surface area contributed by atoms with Crippen LogP contribution in [0.5, 0.6) is 11.5 Å². The van der Waals surface area contributed by atoms with Crippen molar-refractivity contribution >= 4 is 12.2 Å². The fourth-order valence-corrected chi connectivity index (χ4v) is 2.82. The molecule has 2 aromatic carbocycles. The van der Waals surface area contributed by atoms with Gasteiger partial charge in [-0.25, -0.2) is 0 Å². The first-order chi connectivity index (χ1) is 13.6. The van der Waals surface area contributed by atoms with E-state index in [1.807, 2.05) is 48.5 Å². The van der Waals surface area contributed by atoms with Crippen molar-refractivity contribution in [2.45, 2.75) is 13.1 Å². The summed E-state index contributed by atoms with van der Waals surface area (Å²) >= 11 is 0. The van der Waals surface area contributed by atoms with Gasteiger partial charge in [0.1, 0.15) is 17.2 Å². The van der Waals surface area contributed by atoms with Gasteiger partial charge in [-0.3, -0.25) is 14.7 Å². The minimum Gasteiger partial charge on any atom is -0.497 e. The summed E-state index contributed by atoms with van der Waals surface area (Å²) in [5.41, 5.74) is 2.29. The SMILES string of the molecule is COc1ccc(CN(Cc2ccc(OC)cc2)C(=O)c2[nH]ncc2C=O)cc1. The number of carbonyl (C=O) groups excluding carboxylic acids is 2. The lowest BCUT2D eigenvalue weighted by atomic mass is 10.1. The first-order valence-corrected chi connectivity index (χ1v) is 8.68. The molecule has 0 radical (unpaired) electrons. The van der Waals surface area contributed by atoms with Gasteiger partial charge in [-0.2, -0.15) is 5.10 Å². The lowest BCUT2D eigenvalue weighted by molar-refractivity contribution is 0.0721. The Labute approximate surface area is 162 Å². The van der Waals surface area contributed by atoms with Gasteiger partial charge in [-0.15, -0.1) is 0 Å². The molecule has 3 aromatic rings. The standard InChI is InChI=1S/C21H21N3O4/c1-27-18-7-3-15(4-8-18)12-24(13-16-5-9-19(28-2)10-6-16)21(26)20-17(14-25)11-22-23-20/h3-11,14H,12-13H2,1-2H3,(H,22,23). The number of nitrogens with zero attached hydrogens (tertiary/aromatic N) is 2. The number of rotatable bonds is 8. The average Bonchev–Trinajstić information content (AvgIpc) is 3.22. The quantitative estimate of drug-likeness (QED) is 0.608. The monoisotopic (exact) mass is 379 g/mol. The van der Waals surface area contributed by atoms with Gasteiger partial charge in [0.15, 0.2) is 6.29 Å². The Morgan fingerprint density at radius 2 is 1.46 bits per heavy atom. The second kappa shape index (κ2) is 8.85. The Bertz CT molecular complexity index is 884. The number of ether oxygens (including phenoxy) is 2. The summed E-state index contributed by atoms with van der Waals surface area (Å²) in [5, 5.41) is 6.45. The topological polar surface area (TPSA) is 84.5 Å². The van der Waals surface area contributed by atoms with E-state index in [9.17, 15) is 9.59 Å². The van der Waals surface area contributed by atoms with E-state index < -0.39 is 0 Å². The van der Waals surface area contributed by atoms with Gasteiger partial charge in [0, 0.05) is 13.1 Å². The summed E-state index contributed by atoms with van der Waals surface area (Å²) < 4.78 is 10.4. The summed E-state index contributed by atoms with van der Waals surface area (Å²) in [7, 11) is 3.21. The summed E-state index contributed by atoms with van der Waals surface area (Å²) in [5.74, 6) is 1.19. The maximum atomic E-state index is 13.1. The van der Waals surface area contributed by atoms with Crippen LogP contribution in [0.4, 0.5) is 0 Å². The van der Waals surface area contributed by atoms with Crippen molar-refractivity contribution in [1.82, 2.24) is 15.1 Å². The number of methoxy groups -OCH3 is 2. The highest BCUT2D eigenvalue weighted by molar-refractivity contribution is 5.99. The molecule has 0 saturated carbocycles. The number of benzene rings is 2. The Kier molecular flexibility index (Phi) is 6.06. The first kappa shape index (κ1) is 19.2. The van der Waals surface area contributed by atoms with Crippen molar-refractivity contribution < 1.29 is 19.1 Å². The van der Waals surface area contributed by atoms with Crippen LogP contribution < -0.4 is 9.47 Å². The van der Waals surface area contributed by atoms with Gasteiger partial charge in [0.05, 0.1) is 26.0 Å². The maximum Gasteiger partial charge on any atom is 0.273 e. The van der Waals surface area contributed by atoms with Crippen LogP contribution in [0.3, 0.4) is 0 Å². The van der Waals surface area contributed by atoms with Gasteiger partial charge < -0.3 is 14.4 Å². The number of hydrogen-bond donors (Lipinski definition) is 1. The molecule has 0 fully saturated rings. The van der Waals surface area contributed by atoms with Crippen LogP contribution in [-0.2, 0) is 13.1 Å². The highest BCUT2D eigenvalue weighted by atomic mass is 16.5. The normalized spacial score (nSPS) is 10.4. The van der Waals surface area contributed by atoms with Crippen LogP contribution in [0, 0.1) is 0 Å². The molecule has 0 bridgehead atoms. The number of nitrogens with one attached hydrogen (secondary N) is 1. The highest BCUT2D eigenvalue weighted by Gasteiger charge is 2.21. The number of hydrogen-bond acceptors (Lipinski definition) is 5. The zero-order valence-electron chi connectivity index (χ0n) is 15.7. The number of aromatic amines is 1. The molecule has 7 heteroatoms.